The topological polar surface area (TPSA) is 19.6 Å². The molecule has 3 nitrogen and oxygen atoms in total. The Morgan fingerprint density at radius 3 is 1.79 bits per heavy atom. The van der Waals surface area contributed by atoms with E-state index in [4.69, 9.17) is 4.42 Å². The summed E-state index contributed by atoms with van der Waals surface area (Å²) >= 11 is 0. The van der Waals surface area contributed by atoms with Gasteiger partial charge >= 0.3 is 0 Å². The number of fused-ring (bicyclic) bond motifs is 9. The van der Waals surface area contributed by atoms with Crippen molar-refractivity contribution in [3.05, 3.63) is 205 Å². The van der Waals surface area contributed by atoms with E-state index in [-0.39, 0.29) is 5.41 Å². The van der Waals surface area contributed by atoms with Gasteiger partial charge in [-0.1, -0.05) is 123 Å². The summed E-state index contributed by atoms with van der Waals surface area (Å²) in [7, 11) is 0. The van der Waals surface area contributed by atoms with Crippen molar-refractivity contribution in [2.45, 2.75) is 19.3 Å². The summed E-state index contributed by atoms with van der Waals surface area (Å²) in [5, 5.41) is 7.35. The van der Waals surface area contributed by atoms with Crippen LogP contribution in [-0.2, 0) is 5.41 Å². The number of nitrogens with zero attached hydrogens (tertiary/aromatic N) is 2. The van der Waals surface area contributed by atoms with Crippen molar-refractivity contribution in [3.63, 3.8) is 0 Å². The first-order valence-electron chi connectivity index (χ1n) is 19.3. The lowest BCUT2D eigenvalue weighted by molar-refractivity contribution is 0.661. The maximum Gasteiger partial charge on any atom is 0.135 e. The van der Waals surface area contributed by atoms with E-state index < -0.39 is 0 Å². The van der Waals surface area contributed by atoms with Gasteiger partial charge in [-0.15, -0.1) is 0 Å². The quantitative estimate of drug-likeness (QED) is 0.160. The maximum absolute atomic E-state index is 6.24. The van der Waals surface area contributed by atoms with Crippen LogP contribution in [0.3, 0.4) is 0 Å². The van der Waals surface area contributed by atoms with Crippen LogP contribution >= 0.6 is 0 Å². The van der Waals surface area contributed by atoms with E-state index in [9.17, 15) is 0 Å². The van der Waals surface area contributed by atoms with Crippen molar-refractivity contribution < 1.29 is 4.42 Å². The van der Waals surface area contributed by atoms with E-state index in [0.29, 0.717) is 0 Å². The summed E-state index contributed by atoms with van der Waals surface area (Å²) in [5.74, 6) is 0. The SMILES string of the molecule is CC1(C)c2cc3c(ccc4ccccc43)cc2-c2c(N(c3ccccc3)c3cccc(N(c4ccccc4)c4ccc5oc6ccccc6c5c4)c3)cccc21. The number of hydrogen-bond acceptors (Lipinski definition) is 3. The second-order valence-electron chi connectivity index (χ2n) is 15.4. The Balaban J connectivity index is 1.11. The predicted molar refractivity (Wildman–Crippen MR) is 236 cm³/mol. The van der Waals surface area contributed by atoms with Gasteiger partial charge in [0.15, 0.2) is 0 Å². The van der Waals surface area contributed by atoms with Gasteiger partial charge in [0.25, 0.3) is 0 Å². The largest absolute Gasteiger partial charge is 0.456 e. The van der Waals surface area contributed by atoms with Crippen LogP contribution in [0, 0.1) is 0 Å². The molecule has 0 radical (unpaired) electrons. The molecule has 0 N–H and O–H groups in total. The molecule has 266 valence electrons. The second-order valence-corrected chi connectivity index (χ2v) is 15.4. The first kappa shape index (κ1) is 32.3. The van der Waals surface area contributed by atoms with Crippen molar-refractivity contribution in [2.24, 2.45) is 0 Å². The number of benzene rings is 9. The zero-order chi connectivity index (χ0) is 37.4. The highest BCUT2D eigenvalue weighted by molar-refractivity contribution is 6.11. The van der Waals surface area contributed by atoms with Gasteiger partial charge in [-0.25, -0.2) is 0 Å². The Labute approximate surface area is 326 Å². The number of rotatable bonds is 6. The van der Waals surface area contributed by atoms with Crippen LogP contribution in [0.4, 0.5) is 34.1 Å². The van der Waals surface area contributed by atoms with Gasteiger partial charge in [0.05, 0.1) is 5.69 Å². The monoisotopic (exact) mass is 718 g/mol. The normalized spacial score (nSPS) is 13.0. The molecular formula is C53H38N2O. The third kappa shape index (κ3) is 4.98. The Morgan fingerprint density at radius 2 is 0.982 bits per heavy atom. The number of hydrogen-bond donors (Lipinski definition) is 0. The summed E-state index contributed by atoms with van der Waals surface area (Å²) in [6.45, 7) is 4.76. The van der Waals surface area contributed by atoms with E-state index in [1.807, 2.05) is 12.1 Å². The van der Waals surface area contributed by atoms with Crippen molar-refractivity contribution >= 4 is 77.6 Å². The lowest BCUT2D eigenvalue weighted by atomic mass is 9.81. The smallest absolute Gasteiger partial charge is 0.135 e. The molecule has 10 aromatic rings. The van der Waals surface area contributed by atoms with Crippen molar-refractivity contribution in [2.75, 3.05) is 9.80 Å². The highest BCUT2D eigenvalue weighted by atomic mass is 16.3. The van der Waals surface area contributed by atoms with Gasteiger partial charge in [0.2, 0.25) is 0 Å². The van der Waals surface area contributed by atoms with Crippen molar-refractivity contribution in [3.8, 4) is 11.1 Å². The fourth-order valence-corrected chi connectivity index (χ4v) is 9.11. The Bertz CT molecular complexity index is 3120. The van der Waals surface area contributed by atoms with E-state index in [1.165, 1.54) is 43.8 Å². The Kier molecular flexibility index (Phi) is 7.20. The molecular weight excluding hydrogens is 681 g/mol. The van der Waals surface area contributed by atoms with Crippen LogP contribution in [0.15, 0.2) is 199 Å². The molecule has 0 saturated heterocycles. The molecule has 11 rings (SSSR count). The summed E-state index contributed by atoms with van der Waals surface area (Å²) in [6, 6.07) is 70.2. The molecule has 0 spiro atoms. The van der Waals surface area contributed by atoms with Crippen molar-refractivity contribution in [1.82, 2.24) is 0 Å². The molecule has 3 heteroatoms. The second kappa shape index (κ2) is 12.5. The molecule has 0 saturated carbocycles. The Hall–Kier alpha value is -7.10. The highest BCUT2D eigenvalue weighted by Crippen LogP contribution is 2.55. The van der Waals surface area contributed by atoms with Crippen LogP contribution in [0.2, 0.25) is 0 Å². The zero-order valence-corrected chi connectivity index (χ0v) is 31.3. The maximum atomic E-state index is 6.24. The molecule has 1 aliphatic rings. The van der Waals surface area contributed by atoms with Crippen LogP contribution < -0.4 is 9.80 Å². The van der Waals surface area contributed by atoms with Gasteiger partial charge in [-0.3, -0.25) is 0 Å². The molecule has 0 fully saturated rings. The van der Waals surface area contributed by atoms with E-state index in [1.54, 1.807) is 0 Å². The zero-order valence-electron chi connectivity index (χ0n) is 31.3. The minimum absolute atomic E-state index is 0.184. The molecule has 0 aliphatic heterocycles. The molecule has 0 amide bonds. The third-order valence-electron chi connectivity index (χ3n) is 11.8. The van der Waals surface area contributed by atoms with Gasteiger partial charge < -0.3 is 14.2 Å². The summed E-state index contributed by atoms with van der Waals surface area (Å²) in [4.78, 5) is 4.78. The highest BCUT2D eigenvalue weighted by Gasteiger charge is 2.38. The molecule has 0 bridgehead atoms. The predicted octanol–water partition coefficient (Wildman–Crippen LogP) is 15.1. The minimum Gasteiger partial charge on any atom is -0.456 e. The van der Waals surface area contributed by atoms with Gasteiger partial charge in [0, 0.05) is 50.2 Å². The van der Waals surface area contributed by atoms with E-state index >= 15 is 0 Å². The molecule has 56 heavy (non-hydrogen) atoms. The molecule has 1 aromatic heterocycles. The number of anilines is 6. The van der Waals surface area contributed by atoms with E-state index in [2.05, 4.69) is 206 Å². The van der Waals surface area contributed by atoms with Gasteiger partial charge in [0.1, 0.15) is 11.2 Å². The number of para-hydroxylation sites is 3. The summed E-state index contributed by atoms with van der Waals surface area (Å²) in [6.07, 6.45) is 0. The van der Waals surface area contributed by atoms with Crippen LogP contribution in [0.1, 0.15) is 25.0 Å². The van der Waals surface area contributed by atoms with Crippen LogP contribution in [-0.4, -0.2) is 0 Å². The van der Waals surface area contributed by atoms with Gasteiger partial charge in [-0.2, -0.15) is 0 Å². The summed E-state index contributed by atoms with van der Waals surface area (Å²) in [5.41, 5.74) is 13.4. The average Bonchev–Trinajstić information content (AvgIpc) is 3.72. The molecule has 1 aliphatic carbocycles. The van der Waals surface area contributed by atoms with Crippen LogP contribution in [0.5, 0.6) is 0 Å². The standard InChI is InChI=1S/C53H38N2O/c1-53(2)47-24-14-25-49(52(47)46-31-36-28-27-35-15-9-10-22-42(35)44(36)34-48(46)53)55(38-18-7-4-8-19-38)40-21-13-20-39(32-40)54(37-16-5-3-6-17-37)41-29-30-51-45(33-41)43-23-11-12-26-50(43)56-51/h3-34H,1-2H3. The average molecular weight is 719 g/mol. The lowest BCUT2D eigenvalue weighted by Crippen LogP contribution is -2.16. The fraction of sp³-hybridized carbons (Fsp3) is 0.0566. The molecule has 0 unspecified atom stereocenters. The lowest BCUT2D eigenvalue weighted by Gasteiger charge is -2.31. The fourth-order valence-electron chi connectivity index (χ4n) is 9.11. The first-order chi connectivity index (χ1) is 27.5. The van der Waals surface area contributed by atoms with Gasteiger partial charge in [-0.05, 0) is 123 Å². The van der Waals surface area contributed by atoms with E-state index in [0.717, 1.165) is 56.1 Å². The summed E-state index contributed by atoms with van der Waals surface area (Å²) < 4.78 is 6.24. The minimum atomic E-state index is -0.184. The van der Waals surface area contributed by atoms with Crippen molar-refractivity contribution in [1.29, 1.82) is 0 Å². The van der Waals surface area contributed by atoms with Crippen LogP contribution in [0.25, 0.3) is 54.6 Å². The first-order valence-corrected chi connectivity index (χ1v) is 19.3. The number of furan rings is 1. The molecule has 1 heterocycles. The Morgan fingerprint density at radius 1 is 0.375 bits per heavy atom. The molecule has 0 atom stereocenters. The third-order valence-corrected chi connectivity index (χ3v) is 11.8. The molecule has 9 aromatic carbocycles.